The van der Waals surface area contributed by atoms with E-state index >= 15 is 0 Å². The molecule has 0 aliphatic rings. The summed E-state index contributed by atoms with van der Waals surface area (Å²) < 4.78 is 5.55. The van der Waals surface area contributed by atoms with Crippen LogP contribution in [-0.2, 0) is 16.0 Å². The molecule has 0 heterocycles. The molecule has 1 N–H and O–H groups in total. The van der Waals surface area contributed by atoms with Crippen molar-refractivity contribution in [2.45, 2.75) is 27.2 Å². The maximum absolute atomic E-state index is 12.0. The molecule has 0 saturated carbocycles. The van der Waals surface area contributed by atoms with Crippen LogP contribution in [-0.4, -0.2) is 42.1 Å². The van der Waals surface area contributed by atoms with Crippen molar-refractivity contribution in [3.05, 3.63) is 65.7 Å². The van der Waals surface area contributed by atoms with E-state index in [1.54, 1.807) is 17.0 Å². The zero-order valence-electron chi connectivity index (χ0n) is 16.6. The first-order valence-corrected chi connectivity index (χ1v) is 9.41. The molecule has 0 fully saturated rings. The summed E-state index contributed by atoms with van der Waals surface area (Å²) in [5, 5.41) is 4.16. The third-order valence-corrected chi connectivity index (χ3v) is 4.31. The van der Waals surface area contributed by atoms with E-state index in [0.29, 0.717) is 24.6 Å². The minimum atomic E-state index is -0.166. The van der Waals surface area contributed by atoms with Crippen LogP contribution in [0.15, 0.2) is 59.7 Å². The molecular formula is C22H27N3O3. The highest BCUT2D eigenvalue weighted by Gasteiger charge is 2.10. The fourth-order valence-corrected chi connectivity index (χ4v) is 2.64. The van der Waals surface area contributed by atoms with Crippen molar-refractivity contribution in [3.8, 4) is 5.75 Å². The highest BCUT2D eigenvalue weighted by Crippen LogP contribution is 2.13. The number of hydrogen-bond acceptors (Lipinski definition) is 4. The normalized spacial score (nSPS) is 11.0. The van der Waals surface area contributed by atoms with Gasteiger partial charge < -0.3 is 9.64 Å². The molecule has 148 valence electrons. The van der Waals surface area contributed by atoms with Crippen LogP contribution in [0.4, 0.5) is 0 Å². The Morgan fingerprint density at radius 1 is 1.00 bits per heavy atom. The average Bonchev–Trinajstić information content (AvgIpc) is 2.72. The molecule has 6 heteroatoms. The van der Waals surface area contributed by atoms with Crippen molar-refractivity contribution in [1.29, 1.82) is 0 Å². The number of carbonyl (C=O) groups is 2. The van der Waals surface area contributed by atoms with Gasteiger partial charge in [0.15, 0.2) is 6.61 Å². The third-order valence-electron chi connectivity index (χ3n) is 4.31. The zero-order valence-corrected chi connectivity index (χ0v) is 16.6. The number of benzene rings is 2. The van der Waals surface area contributed by atoms with Gasteiger partial charge in [-0.05, 0) is 56.2 Å². The minimum absolute atomic E-state index is 0.0175. The van der Waals surface area contributed by atoms with Gasteiger partial charge in [0.1, 0.15) is 5.75 Å². The molecule has 0 radical (unpaired) electrons. The second kappa shape index (κ2) is 10.9. The number of nitrogens with zero attached hydrogens (tertiary/aromatic N) is 2. The van der Waals surface area contributed by atoms with Gasteiger partial charge in [-0.2, -0.15) is 5.10 Å². The van der Waals surface area contributed by atoms with Crippen molar-refractivity contribution >= 4 is 17.5 Å². The number of rotatable bonds is 9. The van der Waals surface area contributed by atoms with Crippen molar-refractivity contribution in [1.82, 2.24) is 10.3 Å². The van der Waals surface area contributed by atoms with E-state index in [9.17, 15) is 9.59 Å². The summed E-state index contributed by atoms with van der Waals surface area (Å²) in [5.74, 6) is 0.415. The molecule has 0 unspecified atom stereocenters. The lowest BCUT2D eigenvalue weighted by Gasteiger charge is -2.18. The second-order valence-electron chi connectivity index (χ2n) is 6.27. The number of likely N-dealkylation sites (N-methyl/N-ethyl adjacent to an activating group) is 1. The van der Waals surface area contributed by atoms with Gasteiger partial charge in [0.2, 0.25) is 5.91 Å². The monoisotopic (exact) mass is 381 g/mol. The van der Waals surface area contributed by atoms with Crippen LogP contribution < -0.4 is 10.2 Å². The van der Waals surface area contributed by atoms with Gasteiger partial charge in [-0.15, -0.1) is 0 Å². The number of ether oxygens (including phenoxy) is 1. The van der Waals surface area contributed by atoms with Gasteiger partial charge in [0, 0.05) is 13.1 Å². The largest absolute Gasteiger partial charge is 0.484 e. The van der Waals surface area contributed by atoms with Crippen molar-refractivity contribution < 1.29 is 14.3 Å². The first kappa shape index (κ1) is 21.2. The van der Waals surface area contributed by atoms with Crippen LogP contribution in [0.2, 0.25) is 0 Å². The van der Waals surface area contributed by atoms with Crippen molar-refractivity contribution in [2.24, 2.45) is 5.10 Å². The lowest BCUT2D eigenvalue weighted by Crippen LogP contribution is -2.34. The Labute approximate surface area is 166 Å². The lowest BCUT2D eigenvalue weighted by atomic mass is 10.1. The topological polar surface area (TPSA) is 71.0 Å². The van der Waals surface area contributed by atoms with Crippen LogP contribution in [0.25, 0.3) is 0 Å². The SMILES string of the molecule is CCN(CC)C(=O)COc1ccc(C(C)=NNC(=O)Cc2ccccc2)cc1. The van der Waals surface area contributed by atoms with Crippen LogP contribution in [0, 0.1) is 0 Å². The molecule has 0 aliphatic carbocycles. The zero-order chi connectivity index (χ0) is 20.4. The van der Waals surface area contributed by atoms with Crippen LogP contribution in [0.5, 0.6) is 5.75 Å². The molecular weight excluding hydrogens is 354 g/mol. The molecule has 0 bridgehead atoms. The summed E-state index contributed by atoms with van der Waals surface area (Å²) >= 11 is 0. The van der Waals surface area contributed by atoms with Crippen molar-refractivity contribution in [2.75, 3.05) is 19.7 Å². The fraction of sp³-hybridized carbons (Fsp3) is 0.318. The number of hydrogen-bond donors (Lipinski definition) is 1. The standard InChI is InChI=1S/C22H27N3O3/c1-4-25(5-2)22(27)16-28-20-13-11-19(12-14-20)17(3)23-24-21(26)15-18-9-7-6-8-10-18/h6-14H,4-5,15-16H2,1-3H3,(H,24,26). The molecule has 28 heavy (non-hydrogen) atoms. The number of amides is 2. The van der Waals surface area contributed by atoms with E-state index in [0.717, 1.165) is 11.1 Å². The molecule has 2 aromatic rings. The predicted molar refractivity (Wildman–Crippen MR) is 110 cm³/mol. The molecule has 0 atom stereocenters. The average molecular weight is 381 g/mol. The summed E-state index contributed by atoms with van der Waals surface area (Å²) in [6.45, 7) is 7.06. The summed E-state index contributed by atoms with van der Waals surface area (Å²) in [4.78, 5) is 25.7. The lowest BCUT2D eigenvalue weighted by molar-refractivity contribution is -0.133. The number of hydrazone groups is 1. The summed E-state index contributed by atoms with van der Waals surface area (Å²) in [6, 6.07) is 16.8. The Balaban J connectivity index is 1.86. The van der Waals surface area contributed by atoms with Crippen LogP contribution >= 0.6 is 0 Å². The van der Waals surface area contributed by atoms with Gasteiger partial charge >= 0.3 is 0 Å². The predicted octanol–water partition coefficient (Wildman–Crippen LogP) is 3.02. The minimum Gasteiger partial charge on any atom is -0.484 e. The molecule has 2 amide bonds. The van der Waals surface area contributed by atoms with E-state index < -0.39 is 0 Å². The molecule has 2 rings (SSSR count). The van der Waals surface area contributed by atoms with Crippen molar-refractivity contribution in [3.63, 3.8) is 0 Å². The van der Waals surface area contributed by atoms with E-state index in [1.807, 2.05) is 63.2 Å². The van der Waals surface area contributed by atoms with Gasteiger partial charge in [0.25, 0.3) is 5.91 Å². The fourth-order valence-electron chi connectivity index (χ4n) is 2.64. The summed E-state index contributed by atoms with van der Waals surface area (Å²) in [6.07, 6.45) is 0.283. The Morgan fingerprint density at radius 2 is 1.64 bits per heavy atom. The molecule has 2 aromatic carbocycles. The molecule has 6 nitrogen and oxygen atoms in total. The van der Waals surface area contributed by atoms with Crippen LogP contribution in [0.3, 0.4) is 0 Å². The highest BCUT2D eigenvalue weighted by atomic mass is 16.5. The second-order valence-corrected chi connectivity index (χ2v) is 6.27. The summed E-state index contributed by atoms with van der Waals surface area (Å²) in [5.41, 5.74) is 5.07. The first-order chi connectivity index (χ1) is 13.5. The smallest absolute Gasteiger partial charge is 0.260 e. The van der Waals surface area contributed by atoms with Gasteiger partial charge in [-0.1, -0.05) is 30.3 Å². The highest BCUT2D eigenvalue weighted by molar-refractivity contribution is 5.99. The Kier molecular flexibility index (Phi) is 8.21. The maximum Gasteiger partial charge on any atom is 0.260 e. The maximum atomic E-state index is 12.0. The number of nitrogens with one attached hydrogen (secondary N) is 1. The van der Waals surface area contributed by atoms with Crippen LogP contribution in [0.1, 0.15) is 31.9 Å². The van der Waals surface area contributed by atoms with Gasteiger partial charge in [-0.25, -0.2) is 5.43 Å². The Hall–Kier alpha value is -3.15. The third kappa shape index (κ3) is 6.54. The van der Waals surface area contributed by atoms with Gasteiger partial charge in [-0.3, -0.25) is 9.59 Å². The molecule has 0 aromatic heterocycles. The summed E-state index contributed by atoms with van der Waals surface area (Å²) in [7, 11) is 0. The first-order valence-electron chi connectivity index (χ1n) is 9.41. The molecule has 0 spiro atoms. The Bertz CT molecular complexity index is 798. The molecule has 0 saturated heterocycles. The quantitative estimate of drug-likeness (QED) is 0.536. The molecule has 0 aliphatic heterocycles. The van der Waals surface area contributed by atoms with E-state index in [2.05, 4.69) is 10.5 Å². The van der Waals surface area contributed by atoms with E-state index in [1.165, 1.54) is 0 Å². The number of carbonyl (C=O) groups excluding carboxylic acids is 2. The van der Waals surface area contributed by atoms with E-state index in [-0.39, 0.29) is 24.8 Å². The van der Waals surface area contributed by atoms with E-state index in [4.69, 9.17) is 4.74 Å². The van der Waals surface area contributed by atoms with Gasteiger partial charge in [0.05, 0.1) is 12.1 Å². The Morgan fingerprint density at radius 3 is 2.25 bits per heavy atom.